The number of ether oxygens (including phenoxy) is 1. The molecule has 1 aromatic carbocycles. The van der Waals surface area contributed by atoms with Crippen molar-refractivity contribution in [2.24, 2.45) is 0 Å². The predicted octanol–water partition coefficient (Wildman–Crippen LogP) is 2.29. The topological polar surface area (TPSA) is 72.7 Å². The molecule has 0 amide bonds. The fourth-order valence-electron chi connectivity index (χ4n) is 1.69. The maximum atomic E-state index is 10.9. The molecule has 1 aromatic rings. The number of carbonyl (C=O) groups is 1. The molecule has 110 valence electrons. The Morgan fingerprint density at radius 3 is 2.75 bits per heavy atom. The lowest BCUT2D eigenvalue weighted by molar-refractivity contribution is -0.385. The number of esters is 1. The summed E-state index contributed by atoms with van der Waals surface area (Å²) in [5, 5.41) is 11.3. The minimum Gasteiger partial charge on any atom is -0.465 e. The average molecular weight is 301 g/mol. The van der Waals surface area contributed by atoms with E-state index in [0.717, 1.165) is 0 Å². The van der Waals surface area contributed by atoms with E-state index >= 15 is 0 Å². The lowest BCUT2D eigenvalue weighted by Crippen LogP contribution is -2.26. The van der Waals surface area contributed by atoms with Crippen molar-refractivity contribution >= 4 is 23.3 Å². The zero-order valence-corrected chi connectivity index (χ0v) is 12.2. The summed E-state index contributed by atoms with van der Waals surface area (Å²) in [7, 11) is 1.87. The Labute approximate surface area is 122 Å². The van der Waals surface area contributed by atoms with E-state index in [1.165, 1.54) is 13.0 Å². The second kappa shape index (κ2) is 7.81. The average Bonchev–Trinajstić information content (AvgIpc) is 2.36. The van der Waals surface area contributed by atoms with Gasteiger partial charge in [0.15, 0.2) is 0 Å². The summed E-state index contributed by atoms with van der Waals surface area (Å²) in [5.74, 6) is -0.313. The summed E-state index contributed by atoms with van der Waals surface area (Å²) in [4.78, 5) is 23.1. The first-order chi connectivity index (χ1) is 9.40. The van der Waals surface area contributed by atoms with Gasteiger partial charge in [-0.3, -0.25) is 14.9 Å². The highest BCUT2D eigenvalue weighted by Gasteiger charge is 2.14. The number of nitro groups is 1. The maximum absolute atomic E-state index is 10.9. The van der Waals surface area contributed by atoms with Crippen molar-refractivity contribution in [3.8, 4) is 0 Å². The maximum Gasteiger partial charge on any atom is 0.302 e. The first kappa shape index (κ1) is 16.4. The Bertz CT molecular complexity index is 493. The minimum absolute atomic E-state index is 0.0332. The van der Waals surface area contributed by atoms with Crippen LogP contribution in [-0.4, -0.2) is 42.5 Å². The van der Waals surface area contributed by atoms with Crippen LogP contribution in [0.4, 0.5) is 5.69 Å². The Morgan fingerprint density at radius 1 is 1.45 bits per heavy atom. The van der Waals surface area contributed by atoms with Crippen LogP contribution in [0.1, 0.15) is 12.5 Å². The smallest absolute Gasteiger partial charge is 0.302 e. The minimum atomic E-state index is -0.430. The quantitative estimate of drug-likeness (QED) is 0.439. The van der Waals surface area contributed by atoms with E-state index in [0.29, 0.717) is 36.7 Å². The summed E-state index contributed by atoms with van der Waals surface area (Å²) in [6.07, 6.45) is 0.532. The third-order valence-corrected chi connectivity index (χ3v) is 3.02. The fourth-order valence-corrected chi connectivity index (χ4v) is 1.85. The fraction of sp³-hybridized carbons (Fsp3) is 0.462. The number of likely N-dealkylation sites (N-methyl/N-ethyl adjacent to an activating group) is 1. The second-order valence-corrected chi connectivity index (χ2v) is 4.86. The van der Waals surface area contributed by atoms with Crippen molar-refractivity contribution in [2.75, 3.05) is 26.7 Å². The molecule has 1 rings (SSSR count). The number of nitro benzene ring substituents is 1. The number of rotatable bonds is 7. The molecule has 0 aliphatic heterocycles. The predicted molar refractivity (Wildman–Crippen MR) is 75.9 cm³/mol. The van der Waals surface area contributed by atoms with Gasteiger partial charge in [0.05, 0.1) is 4.92 Å². The van der Waals surface area contributed by atoms with E-state index < -0.39 is 4.92 Å². The third-order valence-electron chi connectivity index (χ3n) is 2.79. The number of benzene rings is 1. The largest absolute Gasteiger partial charge is 0.465 e. The van der Waals surface area contributed by atoms with Crippen molar-refractivity contribution in [1.29, 1.82) is 0 Å². The van der Waals surface area contributed by atoms with E-state index in [-0.39, 0.29) is 11.7 Å². The molecule has 0 atom stereocenters. The highest BCUT2D eigenvalue weighted by Crippen LogP contribution is 2.23. The molecule has 20 heavy (non-hydrogen) atoms. The Morgan fingerprint density at radius 2 is 2.15 bits per heavy atom. The van der Waals surface area contributed by atoms with Crippen molar-refractivity contribution in [2.45, 2.75) is 13.3 Å². The van der Waals surface area contributed by atoms with E-state index in [2.05, 4.69) is 0 Å². The van der Waals surface area contributed by atoms with Crippen LogP contribution < -0.4 is 0 Å². The van der Waals surface area contributed by atoms with Crippen molar-refractivity contribution < 1.29 is 14.5 Å². The van der Waals surface area contributed by atoms with Gasteiger partial charge in [-0.15, -0.1) is 0 Å². The van der Waals surface area contributed by atoms with Gasteiger partial charge in [-0.25, -0.2) is 0 Å². The molecule has 0 saturated heterocycles. The van der Waals surface area contributed by atoms with E-state index in [4.69, 9.17) is 16.3 Å². The molecule has 0 aromatic heterocycles. The molecule has 0 bridgehead atoms. The Hall–Kier alpha value is -1.66. The van der Waals surface area contributed by atoms with Gasteiger partial charge in [-0.1, -0.05) is 17.7 Å². The van der Waals surface area contributed by atoms with Crippen LogP contribution in [0.25, 0.3) is 0 Å². The second-order valence-electron chi connectivity index (χ2n) is 4.42. The normalized spacial score (nSPS) is 10.6. The number of hydrogen-bond donors (Lipinski definition) is 0. The first-order valence-electron chi connectivity index (χ1n) is 6.15. The molecule has 0 aliphatic carbocycles. The highest BCUT2D eigenvalue weighted by atomic mass is 35.5. The molecule has 0 radical (unpaired) electrons. The van der Waals surface area contributed by atoms with Gasteiger partial charge in [0.1, 0.15) is 6.61 Å². The molecule has 0 spiro atoms. The molecule has 0 saturated carbocycles. The summed E-state index contributed by atoms with van der Waals surface area (Å²) >= 11 is 5.76. The molecular weight excluding hydrogens is 284 g/mol. The molecule has 7 heteroatoms. The van der Waals surface area contributed by atoms with Crippen molar-refractivity contribution in [3.63, 3.8) is 0 Å². The lowest BCUT2D eigenvalue weighted by atomic mass is 10.1. The Kier molecular flexibility index (Phi) is 6.41. The summed E-state index contributed by atoms with van der Waals surface area (Å²) in [6.45, 7) is 2.89. The molecule has 0 N–H and O–H groups in total. The summed E-state index contributed by atoms with van der Waals surface area (Å²) in [6, 6.07) is 4.67. The zero-order valence-electron chi connectivity index (χ0n) is 11.5. The molecular formula is C13H17ClN2O4. The Balaban J connectivity index is 2.52. The van der Waals surface area contributed by atoms with Crippen LogP contribution in [0.15, 0.2) is 18.2 Å². The van der Waals surface area contributed by atoms with Gasteiger partial charge < -0.3 is 9.64 Å². The zero-order chi connectivity index (χ0) is 15.1. The summed E-state index contributed by atoms with van der Waals surface area (Å²) < 4.78 is 4.84. The molecule has 0 heterocycles. The van der Waals surface area contributed by atoms with Crippen LogP contribution in [-0.2, 0) is 16.0 Å². The van der Waals surface area contributed by atoms with Gasteiger partial charge in [0.2, 0.25) is 0 Å². The number of nitrogens with zero attached hydrogens (tertiary/aromatic N) is 2. The lowest BCUT2D eigenvalue weighted by Gasteiger charge is -2.16. The number of hydrogen-bond acceptors (Lipinski definition) is 5. The van der Waals surface area contributed by atoms with Crippen molar-refractivity contribution in [1.82, 2.24) is 4.90 Å². The van der Waals surface area contributed by atoms with Crippen molar-refractivity contribution in [3.05, 3.63) is 38.9 Å². The van der Waals surface area contributed by atoms with Gasteiger partial charge in [0.25, 0.3) is 5.69 Å². The van der Waals surface area contributed by atoms with Crippen LogP contribution in [0.3, 0.4) is 0 Å². The first-order valence-corrected chi connectivity index (χ1v) is 6.52. The highest BCUT2D eigenvalue weighted by molar-refractivity contribution is 6.30. The number of halogens is 1. The standard InChI is InChI=1S/C13H17ClN2O4/c1-10(17)20-8-7-15(2)6-5-11-3-4-12(14)9-13(11)16(18)19/h3-4,9H,5-8H2,1-2H3. The van der Waals surface area contributed by atoms with Gasteiger partial charge >= 0.3 is 5.97 Å². The SMILES string of the molecule is CC(=O)OCCN(C)CCc1ccc(Cl)cc1[N+](=O)[O-]. The number of carbonyl (C=O) groups excluding carboxylic acids is 1. The third kappa shape index (κ3) is 5.54. The van der Waals surface area contributed by atoms with E-state index in [1.807, 2.05) is 11.9 Å². The molecule has 0 aliphatic rings. The summed E-state index contributed by atoms with van der Waals surface area (Å²) in [5.41, 5.74) is 0.671. The van der Waals surface area contributed by atoms with Crippen LogP contribution in [0.5, 0.6) is 0 Å². The monoisotopic (exact) mass is 300 g/mol. The van der Waals surface area contributed by atoms with Gasteiger partial charge in [-0.05, 0) is 19.5 Å². The van der Waals surface area contributed by atoms with E-state index in [9.17, 15) is 14.9 Å². The van der Waals surface area contributed by atoms with E-state index in [1.54, 1.807) is 12.1 Å². The van der Waals surface area contributed by atoms with Gasteiger partial charge in [-0.2, -0.15) is 0 Å². The van der Waals surface area contributed by atoms with Crippen LogP contribution >= 0.6 is 11.6 Å². The molecule has 0 fully saturated rings. The van der Waals surface area contributed by atoms with Crippen LogP contribution in [0.2, 0.25) is 5.02 Å². The molecule has 6 nitrogen and oxygen atoms in total. The van der Waals surface area contributed by atoms with Crippen LogP contribution in [0, 0.1) is 10.1 Å². The van der Waals surface area contributed by atoms with Gasteiger partial charge in [0, 0.05) is 36.7 Å². The molecule has 0 unspecified atom stereocenters.